The molecule has 0 unspecified atom stereocenters. The number of rotatable bonds is 6. The van der Waals surface area contributed by atoms with Gasteiger partial charge in [0.2, 0.25) is 6.79 Å². The average Bonchev–Trinajstić information content (AvgIpc) is 3.42. The van der Waals surface area contributed by atoms with Gasteiger partial charge in [-0.15, -0.1) is 11.3 Å². The number of ether oxygens (including phenoxy) is 3. The summed E-state index contributed by atoms with van der Waals surface area (Å²) in [5.41, 5.74) is 0.986. The number of benzene rings is 2. The summed E-state index contributed by atoms with van der Waals surface area (Å²) in [6.07, 6.45) is 0. The zero-order valence-electron chi connectivity index (χ0n) is 15.1. The van der Waals surface area contributed by atoms with Gasteiger partial charge in [-0.25, -0.2) is 9.18 Å². The second-order valence-corrected chi connectivity index (χ2v) is 7.19. The summed E-state index contributed by atoms with van der Waals surface area (Å²) < 4.78 is 28.8. The van der Waals surface area contributed by atoms with Gasteiger partial charge >= 0.3 is 5.97 Å². The van der Waals surface area contributed by atoms with Crippen molar-refractivity contribution in [3.8, 4) is 11.5 Å². The van der Waals surface area contributed by atoms with Crippen LogP contribution in [0.4, 0.5) is 4.39 Å². The summed E-state index contributed by atoms with van der Waals surface area (Å²) in [5, 5.41) is 4.72. The maximum atomic E-state index is 13.2. The molecule has 0 spiro atoms. The lowest BCUT2D eigenvalue weighted by Crippen LogP contribution is -2.32. The SMILES string of the molecule is O=C(COC(=O)c1ccc2c(c1)OCO2)N[C@H](c1ccc(F)cc1)c1cccs1. The van der Waals surface area contributed by atoms with Gasteiger partial charge in [-0.2, -0.15) is 0 Å². The fraction of sp³-hybridized carbons (Fsp3) is 0.143. The number of nitrogens with one attached hydrogen (secondary N) is 1. The van der Waals surface area contributed by atoms with Crippen molar-refractivity contribution in [3.63, 3.8) is 0 Å². The summed E-state index contributed by atoms with van der Waals surface area (Å²) in [6, 6.07) is 13.8. The van der Waals surface area contributed by atoms with E-state index in [0.717, 1.165) is 10.4 Å². The Hall–Kier alpha value is -3.39. The first-order chi connectivity index (χ1) is 14.1. The molecule has 3 aromatic rings. The lowest BCUT2D eigenvalue weighted by molar-refractivity contribution is -0.124. The Balaban J connectivity index is 1.40. The Kier molecular flexibility index (Phi) is 5.44. The normalized spacial score (nSPS) is 13.0. The molecule has 1 amide bonds. The van der Waals surface area contributed by atoms with E-state index in [1.165, 1.54) is 29.5 Å². The van der Waals surface area contributed by atoms with Crippen molar-refractivity contribution >= 4 is 23.2 Å². The van der Waals surface area contributed by atoms with Crippen molar-refractivity contribution in [3.05, 3.63) is 81.8 Å². The van der Waals surface area contributed by atoms with E-state index in [-0.39, 0.29) is 18.2 Å². The predicted molar refractivity (Wildman–Crippen MR) is 104 cm³/mol. The van der Waals surface area contributed by atoms with Gasteiger partial charge in [-0.3, -0.25) is 4.79 Å². The highest BCUT2D eigenvalue weighted by Gasteiger charge is 2.20. The van der Waals surface area contributed by atoms with Crippen LogP contribution in [0.5, 0.6) is 11.5 Å². The first-order valence-corrected chi connectivity index (χ1v) is 9.63. The van der Waals surface area contributed by atoms with Crippen LogP contribution in [0.1, 0.15) is 26.8 Å². The summed E-state index contributed by atoms with van der Waals surface area (Å²) in [5.74, 6) is -0.465. The fourth-order valence-corrected chi connectivity index (χ4v) is 3.67. The summed E-state index contributed by atoms with van der Waals surface area (Å²) in [7, 11) is 0. The van der Waals surface area contributed by atoms with Crippen molar-refractivity contribution in [2.45, 2.75) is 6.04 Å². The molecule has 0 saturated carbocycles. The molecule has 0 saturated heterocycles. The number of hydrogen-bond acceptors (Lipinski definition) is 6. The van der Waals surface area contributed by atoms with Crippen molar-refractivity contribution in [1.82, 2.24) is 5.32 Å². The number of hydrogen-bond donors (Lipinski definition) is 1. The minimum Gasteiger partial charge on any atom is -0.454 e. The van der Waals surface area contributed by atoms with Crippen LogP contribution in [0.15, 0.2) is 60.0 Å². The molecule has 29 heavy (non-hydrogen) atoms. The molecule has 2 heterocycles. The molecule has 6 nitrogen and oxygen atoms in total. The monoisotopic (exact) mass is 413 g/mol. The molecule has 0 bridgehead atoms. The molecule has 1 aliphatic heterocycles. The molecule has 1 aliphatic rings. The first kappa shape index (κ1) is 18.9. The molecule has 1 N–H and O–H groups in total. The maximum Gasteiger partial charge on any atom is 0.338 e. The van der Waals surface area contributed by atoms with Gasteiger partial charge in [0.05, 0.1) is 11.6 Å². The highest BCUT2D eigenvalue weighted by Crippen LogP contribution is 2.32. The number of fused-ring (bicyclic) bond motifs is 1. The third kappa shape index (κ3) is 4.38. The van der Waals surface area contributed by atoms with Crippen LogP contribution in [0.2, 0.25) is 0 Å². The Morgan fingerprint density at radius 1 is 1.10 bits per heavy atom. The van der Waals surface area contributed by atoms with Crippen LogP contribution >= 0.6 is 11.3 Å². The second-order valence-electron chi connectivity index (χ2n) is 6.21. The molecule has 8 heteroatoms. The van der Waals surface area contributed by atoms with E-state index < -0.39 is 24.5 Å². The van der Waals surface area contributed by atoms with Crippen molar-refractivity contribution < 1.29 is 28.2 Å². The molecule has 1 aromatic heterocycles. The van der Waals surface area contributed by atoms with Gasteiger partial charge in [0.1, 0.15) is 5.82 Å². The standard InChI is InChI=1S/C21H16FNO5S/c22-15-6-3-13(4-7-15)20(18-2-1-9-29-18)23-19(24)11-26-21(25)14-5-8-16-17(10-14)28-12-27-16/h1-10,20H,11-12H2,(H,23,24)/t20-/m1/s1. The van der Waals surface area contributed by atoms with Gasteiger partial charge < -0.3 is 19.5 Å². The molecular formula is C21H16FNO5S. The van der Waals surface area contributed by atoms with E-state index in [4.69, 9.17) is 14.2 Å². The minimum atomic E-state index is -0.645. The zero-order valence-corrected chi connectivity index (χ0v) is 15.9. The highest BCUT2D eigenvalue weighted by molar-refractivity contribution is 7.10. The lowest BCUT2D eigenvalue weighted by Gasteiger charge is -2.18. The largest absolute Gasteiger partial charge is 0.454 e. The van der Waals surface area contributed by atoms with Gasteiger partial charge in [0.15, 0.2) is 18.1 Å². The second kappa shape index (κ2) is 8.32. The molecule has 0 fully saturated rings. The van der Waals surface area contributed by atoms with Crippen molar-refractivity contribution in [2.75, 3.05) is 13.4 Å². The van der Waals surface area contributed by atoms with Crippen LogP contribution < -0.4 is 14.8 Å². The maximum absolute atomic E-state index is 13.2. The van der Waals surface area contributed by atoms with E-state index in [0.29, 0.717) is 11.5 Å². The smallest absolute Gasteiger partial charge is 0.338 e. The minimum absolute atomic E-state index is 0.101. The van der Waals surface area contributed by atoms with Crippen LogP contribution in [0.3, 0.4) is 0 Å². The number of thiophene rings is 1. The van der Waals surface area contributed by atoms with Gasteiger partial charge in [0.25, 0.3) is 5.91 Å². The number of halogens is 1. The number of amides is 1. The number of carbonyl (C=O) groups is 2. The molecular weight excluding hydrogens is 397 g/mol. The van der Waals surface area contributed by atoms with E-state index in [9.17, 15) is 14.0 Å². The molecule has 1 atom stereocenters. The number of carbonyl (C=O) groups excluding carboxylic acids is 2. The summed E-state index contributed by atoms with van der Waals surface area (Å²) in [4.78, 5) is 25.5. The molecule has 2 aromatic carbocycles. The van der Waals surface area contributed by atoms with Crippen LogP contribution in [-0.4, -0.2) is 25.3 Å². The Morgan fingerprint density at radius 2 is 1.90 bits per heavy atom. The van der Waals surface area contributed by atoms with Crippen LogP contribution in [0.25, 0.3) is 0 Å². The topological polar surface area (TPSA) is 73.9 Å². The third-order valence-corrected chi connectivity index (χ3v) is 5.22. The zero-order chi connectivity index (χ0) is 20.2. The fourth-order valence-electron chi connectivity index (χ4n) is 2.87. The Bertz CT molecular complexity index is 1020. The molecule has 0 radical (unpaired) electrons. The molecule has 148 valence electrons. The van der Waals surface area contributed by atoms with Crippen molar-refractivity contribution in [2.24, 2.45) is 0 Å². The highest BCUT2D eigenvalue weighted by atomic mass is 32.1. The lowest BCUT2D eigenvalue weighted by atomic mass is 10.1. The van der Waals surface area contributed by atoms with Gasteiger partial charge in [-0.05, 0) is 47.3 Å². The summed E-state index contributed by atoms with van der Waals surface area (Å²) in [6.45, 7) is -0.347. The van der Waals surface area contributed by atoms with Crippen LogP contribution in [0, 0.1) is 5.82 Å². The van der Waals surface area contributed by atoms with Crippen molar-refractivity contribution in [1.29, 1.82) is 0 Å². The Labute approximate surface area is 169 Å². The Morgan fingerprint density at radius 3 is 2.66 bits per heavy atom. The van der Waals surface area contributed by atoms with E-state index in [1.54, 1.807) is 24.3 Å². The first-order valence-electron chi connectivity index (χ1n) is 8.75. The molecule has 0 aliphatic carbocycles. The predicted octanol–water partition coefficient (Wildman–Crippen LogP) is 3.68. The van der Waals surface area contributed by atoms with E-state index in [1.807, 2.05) is 17.5 Å². The van der Waals surface area contributed by atoms with Crippen LogP contribution in [-0.2, 0) is 9.53 Å². The molecule has 4 rings (SSSR count). The van der Waals surface area contributed by atoms with E-state index in [2.05, 4.69) is 5.32 Å². The number of esters is 1. The quantitative estimate of drug-likeness (QED) is 0.624. The average molecular weight is 413 g/mol. The van der Waals surface area contributed by atoms with Gasteiger partial charge in [-0.1, -0.05) is 18.2 Å². The summed E-state index contributed by atoms with van der Waals surface area (Å²) >= 11 is 1.46. The van der Waals surface area contributed by atoms with Gasteiger partial charge in [0, 0.05) is 4.88 Å². The third-order valence-electron chi connectivity index (χ3n) is 4.28. The van der Waals surface area contributed by atoms with E-state index >= 15 is 0 Å².